The summed E-state index contributed by atoms with van der Waals surface area (Å²) in [7, 11) is 0. The molecule has 0 heterocycles. The topological polar surface area (TPSA) is 35.2 Å². The van der Waals surface area contributed by atoms with Gasteiger partial charge in [-0.2, -0.15) is 5.90 Å². The molecule has 2 nitrogen and oxygen atoms in total. The second kappa shape index (κ2) is 4.16. The van der Waals surface area contributed by atoms with Crippen molar-refractivity contribution in [2.75, 3.05) is 0 Å². The number of hydrogen-bond acceptors (Lipinski definition) is 2. The van der Waals surface area contributed by atoms with Gasteiger partial charge < -0.3 is 4.84 Å². The van der Waals surface area contributed by atoms with Crippen LogP contribution in [0.4, 0.5) is 4.39 Å². The van der Waals surface area contributed by atoms with E-state index >= 15 is 0 Å². The summed E-state index contributed by atoms with van der Waals surface area (Å²) in [6, 6.07) is 4.21. The Kier molecular flexibility index (Phi) is 3.85. The van der Waals surface area contributed by atoms with Crippen molar-refractivity contribution in [2.24, 2.45) is 5.90 Å². The molecule has 0 aliphatic heterocycles. The van der Waals surface area contributed by atoms with E-state index in [0.29, 0.717) is 5.75 Å². The summed E-state index contributed by atoms with van der Waals surface area (Å²) in [5, 5.41) is 0. The van der Waals surface area contributed by atoms with E-state index in [1.165, 1.54) is 12.1 Å². The van der Waals surface area contributed by atoms with E-state index in [4.69, 9.17) is 5.90 Å². The van der Waals surface area contributed by atoms with E-state index in [0.717, 1.165) is 5.56 Å². The van der Waals surface area contributed by atoms with Gasteiger partial charge in [-0.3, -0.25) is 0 Å². The summed E-state index contributed by atoms with van der Waals surface area (Å²) in [5.74, 6) is 4.89. The fourth-order valence-corrected chi connectivity index (χ4v) is 0.701. The molecule has 1 rings (SSSR count). The van der Waals surface area contributed by atoms with E-state index in [1.807, 2.05) is 0 Å². The van der Waals surface area contributed by atoms with Crippen molar-refractivity contribution in [1.82, 2.24) is 0 Å². The smallest absolute Gasteiger partial charge is 0.152 e. The number of hydrogen-bond donors (Lipinski definition) is 1. The number of aryl methyl sites for hydroxylation is 1. The van der Waals surface area contributed by atoms with Crippen molar-refractivity contribution in [3.05, 3.63) is 29.6 Å². The fourth-order valence-electron chi connectivity index (χ4n) is 0.701. The average Bonchev–Trinajstić information content (AvgIpc) is 1.94. The van der Waals surface area contributed by atoms with Crippen LogP contribution >= 0.6 is 12.4 Å². The molecule has 0 aliphatic rings. The van der Waals surface area contributed by atoms with Crippen molar-refractivity contribution in [3.8, 4) is 5.75 Å². The summed E-state index contributed by atoms with van der Waals surface area (Å²) < 4.78 is 12.4. The van der Waals surface area contributed by atoms with Crippen molar-refractivity contribution >= 4 is 12.4 Å². The predicted molar refractivity (Wildman–Crippen MR) is 43.2 cm³/mol. The molecular formula is C7H9ClFNO. The molecule has 0 saturated heterocycles. The summed E-state index contributed by atoms with van der Waals surface area (Å²) >= 11 is 0. The maximum Gasteiger partial charge on any atom is 0.152 e. The van der Waals surface area contributed by atoms with Gasteiger partial charge in [0.2, 0.25) is 0 Å². The molecule has 0 spiro atoms. The summed E-state index contributed by atoms with van der Waals surface area (Å²) in [6.45, 7) is 1.79. The maximum absolute atomic E-state index is 12.4. The highest BCUT2D eigenvalue weighted by molar-refractivity contribution is 5.85. The van der Waals surface area contributed by atoms with Gasteiger partial charge in [0.15, 0.2) is 5.75 Å². The standard InChI is InChI=1S/C7H8FNO.ClH/c1-5-2-3-6(8)4-7(5)10-9;/h2-4H,9H2,1H3;1H. The molecule has 62 valence electrons. The van der Waals surface area contributed by atoms with Crippen LogP contribution in [-0.2, 0) is 0 Å². The second-order valence-corrected chi connectivity index (χ2v) is 2.03. The molecule has 0 amide bonds. The number of halogens is 2. The molecule has 0 atom stereocenters. The average molecular weight is 178 g/mol. The first-order valence-electron chi connectivity index (χ1n) is 2.87. The zero-order chi connectivity index (χ0) is 7.56. The van der Waals surface area contributed by atoms with Crippen LogP contribution in [0.25, 0.3) is 0 Å². The minimum absolute atomic E-state index is 0. The molecule has 0 aromatic heterocycles. The lowest BCUT2D eigenvalue weighted by Gasteiger charge is -2.00. The molecule has 2 N–H and O–H groups in total. The van der Waals surface area contributed by atoms with Gasteiger partial charge in [-0.25, -0.2) is 4.39 Å². The maximum atomic E-state index is 12.4. The molecule has 0 bridgehead atoms. The number of nitrogens with two attached hydrogens (primary N) is 1. The first kappa shape index (κ1) is 10.2. The van der Waals surface area contributed by atoms with Gasteiger partial charge in [0.25, 0.3) is 0 Å². The van der Waals surface area contributed by atoms with Crippen LogP contribution < -0.4 is 10.7 Å². The zero-order valence-electron chi connectivity index (χ0n) is 6.00. The predicted octanol–water partition coefficient (Wildman–Crippen LogP) is 1.81. The molecule has 11 heavy (non-hydrogen) atoms. The summed E-state index contributed by atoms with van der Waals surface area (Å²) in [4.78, 5) is 4.39. The Bertz CT molecular complexity index is 242. The van der Waals surface area contributed by atoms with E-state index in [9.17, 15) is 4.39 Å². The largest absolute Gasteiger partial charge is 0.411 e. The van der Waals surface area contributed by atoms with Crippen LogP contribution in [0.5, 0.6) is 5.75 Å². The lowest BCUT2D eigenvalue weighted by Crippen LogP contribution is -2.03. The highest BCUT2D eigenvalue weighted by Crippen LogP contribution is 2.16. The Labute approximate surface area is 70.5 Å². The Morgan fingerprint density at radius 1 is 1.45 bits per heavy atom. The Morgan fingerprint density at radius 3 is 2.55 bits per heavy atom. The van der Waals surface area contributed by atoms with Crippen molar-refractivity contribution in [1.29, 1.82) is 0 Å². The van der Waals surface area contributed by atoms with Gasteiger partial charge in [-0.05, 0) is 18.6 Å². The van der Waals surface area contributed by atoms with Crippen molar-refractivity contribution < 1.29 is 9.23 Å². The SMILES string of the molecule is Cc1ccc(F)cc1ON.Cl. The van der Waals surface area contributed by atoms with Gasteiger partial charge >= 0.3 is 0 Å². The third-order valence-electron chi connectivity index (χ3n) is 1.28. The lowest BCUT2D eigenvalue weighted by molar-refractivity contribution is 0.330. The quantitative estimate of drug-likeness (QED) is 0.664. The first-order valence-corrected chi connectivity index (χ1v) is 2.87. The Morgan fingerprint density at radius 2 is 2.09 bits per heavy atom. The number of benzene rings is 1. The van der Waals surface area contributed by atoms with Gasteiger partial charge in [0.05, 0.1) is 0 Å². The third kappa shape index (κ3) is 2.37. The van der Waals surface area contributed by atoms with E-state index in [1.54, 1.807) is 13.0 Å². The van der Waals surface area contributed by atoms with Crippen molar-refractivity contribution in [2.45, 2.75) is 6.92 Å². The number of rotatable bonds is 1. The monoisotopic (exact) mass is 177 g/mol. The van der Waals surface area contributed by atoms with Crippen molar-refractivity contribution in [3.63, 3.8) is 0 Å². The molecule has 1 aromatic rings. The Hall–Kier alpha value is -0.800. The van der Waals surface area contributed by atoms with Crippen LogP contribution in [0.15, 0.2) is 18.2 Å². The van der Waals surface area contributed by atoms with Crippen LogP contribution in [0.3, 0.4) is 0 Å². The first-order chi connectivity index (χ1) is 4.74. The highest BCUT2D eigenvalue weighted by Gasteiger charge is 1.98. The van der Waals surface area contributed by atoms with Crippen LogP contribution in [0, 0.1) is 12.7 Å². The summed E-state index contributed by atoms with van der Waals surface area (Å²) in [6.07, 6.45) is 0. The summed E-state index contributed by atoms with van der Waals surface area (Å²) in [5.41, 5.74) is 0.823. The molecule has 4 heteroatoms. The van der Waals surface area contributed by atoms with Gasteiger partial charge in [-0.1, -0.05) is 6.07 Å². The van der Waals surface area contributed by atoms with E-state index in [2.05, 4.69) is 4.84 Å². The van der Waals surface area contributed by atoms with E-state index in [-0.39, 0.29) is 18.2 Å². The van der Waals surface area contributed by atoms with Crippen LogP contribution in [-0.4, -0.2) is 0 Å². The fraction of sp³-hybridized carbons (Fsp3) is 0.143. The van der Waals surface area contributed by atoms with E-state index < -0.39 is 0 Å². The third-order valence-corrected chi connectivity index (χ3v) is 1.28. The molecular weight excluding hydrogens is 169 g/mol. The molecule has 0 fully saturated rings. The molecule has 0 aliphatic carbocycles. The zero-order valence-corrected chi connectivity index (χ0v) is 6.82. The molecule has 0 unspecified atom stereocenters. The second-order valence-electron chi connectivity index (χ2n) is 2.03. The molecule has 0 radical (unpaired) electrons. The molecule has 0 saturated carbocycles. The van der Waals surface area contributed by atoms with Gasteiger partial charge in [0, 0.05) is 6.07 Å². The van der Waals surface area contributed by atoms with Gasteiger partial charge in [-0.15, -0.1) is 12.4 Å². The Balaban J connectivity index is 0.000001000. The lowest BCUT2D eigenvalue weighted by atomic mass is 10.2. The van der Waals surface area contributed by atoms with Crippen LogP contribution in [0.1, 0.15) is 5.56 Å². The minimum atomic E-state index is -0.342. The molecule has 1 aromatic carbocycles. The van der Waals surface area contributed by atoms with Crippen LogP contribution in [0.2, 0.25) is 0 Å². The minimum Gasteiger partial charge on any atom is -0.411 e. The van der Waals surface area contributed by atoms with Gasteiger partial charge in [0.1, 0.15) is 5.82 Å². The highest BCUT2D eigenvalue weighted by atomic mass is 35.5. The normalized spacial score (nSPS) is 8.64.